The van der Waals surface area contributed by atoms with Crippen LogP contribution in [0.5, 0.6) is 0 Å². The number of halogens is 2. The lowest BCUT2D eigenvalue weighted by Crippen LogP contribution is -2.20. The molecule has 0 unspecified atom stereocenters. The average Bonchev–Trinajstić information content (AvgIpc) is 2.73. The molecule has 0 atom stereocenters. The molecule has 0 N–H and O–H groups in total. The summed E-state index contributed by atoms with van der Waals surface area (Å²) < 4.78 is 3.07. The van der Waals surface area contributed by atoms with Crippen LogP contribution < -0.4 is 5.56 Å². The van der Waals surface area contributed by atoms with Crippen LogP contribution in [0, 0.1) is 0 Å². The van der Waals surface area contributed by atoms with Crippen LogP contribution in [0.3, 0.4) is 0 Å². The lowest BCUT2D eigenvalue weighted by Gasteiger charge is -2.04. The molecule has 2 heterocycles. The van der Waals surface area contributed by atoms with Gasteiger partial charge in [-0.15, -0.1) is 11.3 Å². The Hall–Kier alpha value is -0.460. The Bertz CT molecular complexity index is 591. The summed E-state index contributed by atoms with van der Waals surface area (Å²) in [5.41, 5.74) is 0.887. The highest BCUT2D eigenvalue weighted by atomic mass is 79.9. The number of aryl methyl sites for hydroxylation is 1. The first kappa shape index (κ1) is 13.0. The summed E-state index contributed by atoms with van der Waals surface area (Å²) in [6.07, 6.45) is 2.71. The maximum absolute atomic E-state index is 11.9. The molecule has 90 valence electrons. The first-order valence-electron chi connectivity index (χ1n) is 5.09. The Labute approximate surface area is 120 Å². The van der Waals surface area contributed by atoms with Crippen molar-refractivity contribution in [1.29, 1.82) is 0 Å². The van der Waals surface area contributed by atoms with E-state index in [4.69, 9.17) is 0 Å². The Morgan fingerprint density at radius 1 is 1.47 bits per heavy atom. The molecular weight excluding hydrogens is 368 g/mol. The maximum Gasteiger partial charge on any atom is 0.265 e. The topological polar surface area (TPSA) is 34.9 Å². The molecule has 0 spiro atoms. The number of hydrogen-bond acceptors (Lipinski definition) is 3. The highest BCUT2D eigenvalue weighted by molar-refractivity contribution is 9.11. The highest BCUT2D eigenvalue weighted by Gasteiger charge is 2.06. The summed E-state index contributed by atoms with van der Waals surface area (Å²) in [6, 6.07) is 1.75. The molecule has 0 aromatic carbocycles. The van der Waals surface area contributed by atoms with E-state index in [-0.39, 0.29) is 5.56 Å². The van der Waals surface area contributed by atoms with E-state index in [0.717, 1.165) is 21.6 Å². The van der Waals surface area contributed by atoms with Gasteiger partial charge < -0.3 is 4.57 Å². The van der Waals surface area contributed by atoms with Gasteiger partial charge in [0.05, 0.1) is 21.7 Å². The molecule has 0 radical (unpaired) electrons. The average molecular weight is 378 g/mol. The molecule has 0 aliphatic carbocycles. The van der Waals surface area contributed by atoms with E-state index in [0.29, 0.717) is 11.0 Å². The summed E-state index contributed by atoms with van der Waals surface area (Å²) in [5, 5.41) is 3.10. The summed E-state index contributed by atoms with van der Waals surface area (Å²) in [5.74, 6) is 0. The molecule has 0 aliphatic rings. The van der Waals surface area contributed by atoms with Crippen molar-refractivity contribution in [1.82, 2.24) is 9.55 Å². The van der Waals surface area contributed by atoms with Gasteiger partial charge >= 0.3 is 0 Å². The summed E-state index contributed by atoms with van der Waals surface area (Å²) in [4.78, 5) is 16.3. The van der Waals surface area contributed by atoms with Crippen LogP contribution in [-0.2, 0) is 13.0 Å². The smallest absolute Gasteiger partial charge is 0.265 e. The van der Waals surface area contributed by atoms with Crippen LogP contribution in [0.1, 0.15) is 17.6 Å². The van der Waals surface area contributed by atoms with Crippen LogP contribution in [-0.4, -0.2) is 9.55 Å². The third-order valence-corrected chi connectivity index (χ3v) is 4.29. The fourth-order valence-electron chi connectivity index (χ4n) is 1.44. The number of hydrogen-bond donors (Lipinski definition) is 0. The summed E-state index contributed by atoms with van der Waals surface area (Å²) >= 11 is 8.25. The molecule has 3 nitrogen and oxygen atoms in total. The van der Waals surface area contributed by atoms with Gasteiger partial charge in [-0.05, 0) is 44.3 Å². The number of rotatable bonds is 3. The Morgan fingerprint density at radius 3 is 2.88 bits per heavy atom. The fourth-order valence-corrected chi connectivity index (χ4v) is 3.43. The van der Waals surface area contributed by atoms with Crippen LogP contribution >= 0.6 is 43.2 Å². The van der Waals surface area contributed by atoms with Crippen molar-refractivity contribution >= 4 is 43.2 Å². The molecule has 17 heavy (non-hydrogen) atoms. The molecule has 0 saturated heterocycles. The SMILES string of the molecule is CCc1nc(Cn2cc(Br)cc(Br)c2=O)cs1. The van der Waals surface area contributed by atoms with E-state index < -0.39 is 0 Å². The number of nitrogens with zero attached hydrogens (tertiary/aromatic N) is 2. The van der Waals surface area contributed by atoms with Gasteiger partial charge in [0, 0.05) is 16.0 Å². The van der Waals surface area contributed by atoms with Crippen LogP contribution in [0.4, 0.5) is 0 Å². The predicted octanol–water partition coefficient (Wildman–Crippen LogP) is 3.44. The van der Waals surface area contributed by atoms with E-state index in [1.807, 2.05) is 5.38 Å². The second-order valence-electron chi connectivity index (χ2n) is 3.53. The zero-order valence-corrected chi connectivity index (χ0v) is 13.1. The highest BCUT2D eigenvalue weighted by Crippen LogP contribution is 2.15. The molecule has 0 amide bonds. The van der Waals surface area contributed by atoms with E-state index in [1.54, 1.807) is 28.2 Å². The minimum absolute atomic E-state index is 0.0424. The van der Waals surface area contributed by atoms with Gasteiger partial charge in [-0.2, -0.15) is 0 Å². The predicted molar refractivity (Wildman–Crippen MR) is 76.7 cm³/mol. The monoisotopic (exact) mass is 376 g/mol. The molecular formula is C11H10Br2N2OS. The van der Waals surface area contributed by atoms with E-state index >= 15 is 0 Å². The van der Waals surface area contributed by atoms with Gasteiger partial charge in [0.1, 0.15) is 0 Å². The largest absolute Gasteiger partial charge is 0.307 e. The minimum atomic E-state index is -0.0424. The lowest BCUT2D eigenvalue weighted by atomic mass is 10.4. The Balaban J connectivity index is 2.32. The standard InChI is InChI=1S/C11H10Br2N2OS/c1-2-10-14-8(6-17-10)5-15-4-7(12)3-9(13)11(15)16/h3-4,6H,2,5H2,1H3. The molecule has 2 rings (SSSR count). The minimum Gasteiger partial charge on any atom is -0.307 e. The van der Waals surface area contributed by atoms with Gasteiger partial charge in [0.25, 0.3) is 5.56 Å². The van der Waals surface area contributed by atoms with Gasteiger partial charge in [-0.3, -0.25) is 4.79 Å². The lowest BCUT2D eigenvalue weighted by molar-refractivity contribution is 0.734. The zero-order chi connectivity index (χ0) is 12.4. The normalized spacial score (nSPS) is 10.8. The number of pyridine rings is 1. The number of aromatic nitrogens is 2. The van der Waals surface area contributed by atoms with Gasteiger partial charge in [0.15, 0.2) is 0 Å². The third-order valence-electron chi connectivity index (χ3n) is 2.24. The van der Waals surface area contributed by atoms with Crippen LogP contribution in [0.2, 0.25) is 0 Å². The molecule has 0 fully saturated rings. The van der Waals surface area contributed by atoms with Gasteiger partial charge in [-0.1, -0.05) is 6.92 Å². The van der Waals surface area contributed by atoms with Crippen molar-refractivity contribution in [3.63, 3.8) is 0 Å². The maximum atomic E-state index is 11.9. The number of thiazole rings is 1. The second-order valence-corrected chi connectivity index (χ2v) is 6.24. The van der Waals surface area contributed by atoms with Gasteiger partial charge in [-0.25, -0.2) is 4.98 Å². The summed E-state index contributed by atoms with van der Waals surface area (Å²) in [7, 11) is 0. The molecule has 2 aromatic heterocycles. The molecule has 0 bridgehead atoms. The van der Waals surface area contributed by atoms with Crippen LogP contribution in [0.25, 0.3) is 0 Å². The van der Waals surface area contributed by atoms with Crippen molar-refractivity contribution in [2.24, 2.45) is 0 Å². The summed E-state index contributed by atoms with van der Waals surface area (Å²) in [6.45, 7) is 2.58. The molecule has 2 aromatic rings. The Kier molecular flexibility index (Phi) is 4.17. The van der Waals surface area contributed by atoms with E-state index in [2.05, 4.69) is 43.8 Å². The third kappa shape index (κ3) is 3.05. The first-order chi connectivity index (χ1) is 8.10. The van der Waals surface area contributed by atoms with E-state index in [9.17, 15) is 4.79 Å². The van der Waals surface area contributed by atoms with Crippen molar-refractivity contribution in [3.8, 4) is 0 Å². The fraction of sp³-hybridized carbons (Fsp3) is 0.273. The first-order valence-corrected chi connectivity index (χ1v) is 7.55. The van der Waals surface area contributed by atoms with Gasteiger partial charge in [0.2, 0.25) is 0 Å². The van der Waals surface area contributed by atoms with Crippen molar-refractivity contribution < 1.29 is 0 Å². The van der Waals surface area contributed by atoms with Crippen LogP contribution in [0.15, 0.2) is 31.4 Å². The van der Waals surface area contributed by atoms with Crippen molar-refractivity contribution in [2.45, 2.75) is 19.9 Å². The Morgan fingerprint density at radius 2 is 2.24 bits per heavy atom. The molecule has 0 aliphatic heterocycles. The molecule has 6 heteroatoms. The quantitative estimate of drug-likeness (QED) is 0.821. The zero-order valence-electron chi connectivity index (χ0n) is 9.11. The van der Waals surface area contributed by atoms with E-state index in [1.165, 1.54) is 0 Å². The molecule has 0 saturated carbocycles. The second kappa shape index (κ2) is 5.46. The van der Waals surface area contributed by atoms with Crippen molar-refractivity contribution in [2.75, 3.05) is 0 Å². The van der Waals surface area contributed by atoms with Crippen molar-refractivity contribution in [3.05, 3.63) is 47.6 Å².